The van der Waals surface area contributed by atoms with Gasteiger partial charge in [0.05, 0.1) is 32.0 Å². The Hall–Kier alpha value is -4.28. The number of halogens is 1. The Morgan fingerprint density at radius 3 is 2.53 bits per heavy atom. The number of aromatic nitrogens is 1. The number of imide groups is 1. The van der Waals surface area contributed by atoms with Crippen LogP contribution in [0.3, 0.4) is 0 Å². The predicted octanol–water partition coefficient (Wildman–Crippen LogP) is 3.30. The van der Waals surface area contributed by atoms with Crippen LogP contribution in [-0.4, -0.2) is 48.1 Å². The molecular formula is C23H20FN5O5. The molecule has 0 N–H and O–H groups in total. The van der Waals surface area contributed by atoms with E-state index in [2.05, 4.69) is 15.3 Å². The monoisotopic (exact) mass is 465 g/mol. The lowest BCUT2D eigenvalue weighted by atomic mass is 10.1. The third-order valence-electron chi connectivity index (χ3n) is 5.78. The first-order valence-electron chi connectivity index (χ1n) is 10.4. The van der Waals surface area contributed by atoms with Crippen molar-refractivity contribution in [2.75, 3.05) is 19.1 Å². The molecule has 2 atom stereocenters. The quantitative estimate of drug-likeness (QED) is 0.514. The molecule has 0 radical (unpaired) electrons. The summed E-state index contributed by atoms with van der Waals surface area (Å²) >= 11 is 0. The minimum atomic E-state index is -0.970. The number of hydrogen-bond acceptors (Lipinski definition) is 9. The van der Waals surface area contributed by atoms with E-state index in [9.17, 15) is 14.0 Å². The van der Waals surface area contributed by atoms with Crippen LogP contribution in [0.15, 0.2) is 57.2 Å². The summed E-state index contributed by atoms with van der Waals surface area (Å²) in [6.07, 6.45) is 0. The number of carbonyl (C=O) groups is 2. The highest BCUT2D eigenvalue weighted by molar-refractivity contribution is 6.25. The zero-order chi connectivity index (χ0) is 24.0. The third-order valence-corrected chi connectivity index (χ3v) is 5.78. The zero-order valence-electron chi connectivity index (χ0n) is 18.6. The van der Waals surface area contributed by atoms with Crippen molar-refractivity contribution in [2.45, 2.75) is 25.6 Å². The summed E-state index contributed by atoms with van der Waals surface area (Å²) < 4.78 is 30.0. The first kappa shape index (κ1) is 21.6. The topological polar surface area (TPSA) is 110 Å². The van der Waals surface area contributed by atoms with Gasteiger partial charge >= 0.3 is 0 Å². The smallest absolute Gasteiger partial charge is 0.263 e. The van der Waals surface area contributed by atoms with Crippen LogP contribution in [0, 0.1) is 12.7 Å². The number of rotatable bonds is 6. The number of ether oxygens (including phenoxy) is 2. The molecule has 0 saturated carbocycles. The lowest BCUT2D eigenvalue weighted by Gasteiger charge is -2.19. The van der Waals surface area contributed by atoms with E-state index >= 15 is 0 Å². The Kier molecular flexibility index (Phi) is 5.23. The van der Waals surface area contributed by atoms with Gasteiger partial charge in [-0.3, -0.25) is 14.6 Å². The SMILES string of the molecule is COc1cccc(-c2nc(CN3N=N[C@H]4C(=O)N(c5ccc(F)cc5)C(=O)[C@H]43)c(C)o2)c1OC. The summed E-state index contributed by atoms with van der Waals surface area (Å²) in [7, 11) is 3.07. The fraction of sp³-hybridized carbons (Fsp3) is 0.261. The van der Waals surface area contributed by atoms with E-state index in [4.69, 9.17) is 13.9 Å². The maximum Gasteiger partial charge on any atom is 0.263 e. The Morgan fingerprint density at radius 1 is 1.06 bits per heavy atom. The Balaban J connectivity index is 1.41. The normalized spacial score (nSPS) is 19.2. The Bertz CT molecular complexity index is 1310. The average molecular weight is 465 g/mol. The summed E-state index contributed by atoms with van der Waals surface area (Å²) in [5.41, 5.74) is 1.41. The molecule has 2 aliphatic heterocycles. The predicted molar refractivity (Wildman–Crippen MR) is 117 cm³/mol. The summed E-state index contributed by atoms with van der Waals surface area (Å²) in [4.78, 5) is 31.6. The largest absolute Gasteiger partial charge is 0.493 e. The number of nitrogens with zero attached hydrogens (tertiary/aromatic N) is 5. The summed E-state index contributed by atoms with van der Waals surface area (Å²) in [6.45, 7) is 1.85. The molecule has 174 valence electrons. The molecule has 10 nitrogen and oxygen atoms in total. The van der Waals surface area contributed by atoms with Crippen molar-refractivity contribution in [2.24, 2.45) is 10.3 Å². The molecule has 3 heterocycles. The zero-order valence-corrected chi connectivity index (χ0v) is 18.6. The van der Waals surface area contributed by atoms with Crippen molar-refractivity contribution in [3.63, 3.8) is 0 Å². The van der Waals surface area contributed by atoms with Gasteiger partial charge in [0.25, 0.3) is 11.8 Å². The van der Waals surface area contributed by atoms with E-state index in [0.717, 1.165) is 4.90 Å². The molecule has 1 fully saturated rings. The van der Waals surface area contributed by atoms with Crippen molar-refractivity contribution >= 4 is 17.5 Å². The average Bonchev–Trinajstić information content (AvgIpc) is 3.49. The molecular weight excluding hydrogens is 445 g/mol. The van der Waals surface area contributed by atoms with E-state index in [1.807, 2.05) is 0 Å². The van der Waals surface area contributed by atoms with Gasteiger partial charge in [0.1, 0.15) is 17.3 Å². The standard InChI is InChI=1S/C23H20FN5O5/c1-12-16(25-21(34-12)15-5-4-6-17(32-2)20(15)33-3)11-28-19-18(26-27-28)22(30)29(23(19)31)14-9-7-13(24)8-10-14/h4-10,18-19H,11H2,1-3H3/t18-,19+/m1/s1. The number of amides is 2. The highest BCUT2D eigenvalue weighted by atomic mass is 19.1. The highest BCUT2D eigenvalue weighted by Crippen LogP contribution is 2.39. The van der Waals surface area contributed by atoms with E-state index < -0.39 is 29.7 Å². The van der Waals surface area contributed by atoms with Gasteiger partial charge in [-0.2, -0.15) is 5.11 Å². The van der Waals surface area contributed by atoms with Crippen molar-refractivity contribution in [3.8, 4) is 23.0 Å². The number of aryl methyl sites for hydroxylation is 1. The van der Waals surface area contributed by atoms with Gasteiger partial charge in [0.15, 0.2) is 23.6 Å². The van der Waals surface area contributed by atoms with Crippen molar-refractivity contribution in [3.05, 3.63) is 59.7 Å². The van der Waals surface area contributed by atoms with Gasteiger partial charge < -0.3 is 13.9 Å². The Morgan fingerprint density at radius 2 is 1.82 bits per heavy atom. The molecule has 0 unspecified atom stereocenters. The van der Waals surface area contributed by atoms with E-state index in [1.54, 1.807) is 25.1 Å². The maximum atomic E-state index is 13.3. The van der Waals surface area contributed by atoms with Crippen molar-refractivity contribution in [1.29, 1.82) is 0 Å². The van der Waals surface area contributed by atoms with Crippen LogP contribution < -0.4 is 14.4 Å². The number of hydrogen-bond donors (Lipinski definition) is 0. The number of carbonyl (C=O) groups excluding carboxylic acids is 2. The molecule has 0 bridgehead atoms. The van der Waals surface area contributed by atoms with Crippen LogP contribution in [0.25, 0.3) is 11.5 Å². The maximum absolute atomic E-state index is 13.3. The summed E-state index contributed by atoms with van der Waals surface area (Å²) in [6, 6.07) is 8.61. The second kappa shape index (κ2) is 8.25. The minimum Gasteiger partial charge on any atom is -0.493 e. The molecule has 2 aromatic carbocycles. The molecule has 2 aliphatic rings. The van der Waals surface area contributed by atoms with Gasteiger partial charge in [-0.25, -0.2) is 14.3 Å². The lowest BCUT2D eigenvalue weighted by Crippen LogP contribution is -2.39. The van der Waals surface area contributed by atoms with Crippen LogP contribution in [0.5, 0.6) is 11.5 Å². The number of anilines is 1. The first-order chi connectivity index (χ1) is 16.4. The van der Waals surface area contributed by atoms with Crippen molar-refractivity contribution < 1.29 is 27.9 Å². The fourth-order valence-electron chi connectivity index (χ4n) is 4.10. The summed E-state index contributed by atoms with van der Waals surface area (Å²) in [5.74, 6) is 0.390. The van der Waals surface area contributed by atoms with Crippen LogP contribution in [0.2, 0.25) is 0 Å². The molecule has 2 amide bonds. The van der Waals surface area contributed by atoms with Crippen molar-refractivity contribution in [1.82, 2.24) is 9.99 Å². The molecule has 1 saturated heterocycles. The van der Waals surface area contributed by atoms with E-state index in [1.165, 1.54) is 43.5 Å². The molecule has 5 rings (SSSR count). The molecule has 0 spiro atoms. The number of fused-ring (bicyclic) bond motifs is 1. The van der Waals surface area contributed by atoms with Crippen LogP contribution in [0.4, 0.5) is 10.1 Å². The Labute approximate surface area is 193 Å². The number of benzene rings is 2. The van der Waals surface area contributed by atoms with Gasteiger partial charge in [0.2, 0.25) is 5.89 Å². The molecule has 3 aromatic rings. The van der Waals surface area contributed by atoms with E-state index in [-0.39, 0.29) is 12.2 Å². The van der Waals surface area contributed by atoms with Crippen LogP contribution in [0.1, 0.15) is 11.5 Å². The first-order valence-corrected chi connectivity index (χ1v) is 10.4. The summed E-state index contributed by atoms with van der Waals surface area (Å²) in [5, 5.41) is 9.48. The fourth-order valence-corrected chi connectivity index (χ4v) is 4.10. The molecule has 1 aromatic heterocycles. The number of para-hydroxylation sites is 1. The van der Waals surface area contributed by atoms with Gasteiger partial charge in [-0.05, 0) is 43.3 Å². The third kappa shape index (κ3) is 3.36. The second-order valence-corrected chi connectivity index (χ2v) is 7.74. The van der Waals surface area contributed by atoms with Gasteiger partial charge in [0, 0.05) is 0 Å². The number of methoxy groups -OCH3 is 2. The lowest BCUT2D eigenvalue weighted by molar-refractivity contribution is -0.123. The second-order valence-electron chi connectivity index (χ2n) is 7.74. The minimum absolute atomic E-state index is 0.0998. The van der Waals surface area contributed by atoms with Crippen LogP contribution in [-0.2, 0) is 16.1 Å². The molecule has 34 heavy (non-hydrogen) atoms. The van der Waals surface area contributed by atoms with E-state index in [0.29, 0.717) is 34.4 Å². The van der Waals surface area contributed by atoms with Gasteiger partial charge in [-0.15, -0.1) is 0 Å². The van der Waals surface area contributed by atoms with Gasteiger partial charge in [-0.1, -0.05) is 11.3 Å². The molecule has 0 aliphatic carbocycles. The highest BCUT2D eigenvalue weighted by Gasteiger charge is 2.54. The molecule has 11 heteroatoms. The van der Waals surface area contributed by atoms with Crippen LogP contribution >= 0.6 is 0 Å². The number of oxazole rings is 1.